The second-order valence-corrected chi connectivity index (χ2v) is 6.23. The molecule has 1 amide bonds. The highest BCUT2D eigenvalue weighted by molar-refractivity contribution is 14.1. The molecular weight excluding hydrogens is 353 g/mol. The first-order valence-corrected chi connectivity index (χ1v) is 7.15. The minimum absolute atomic E-state index is 0.0616. The van der Waals surface area contributed by atoms with Gasteiger partial charge in [0.05, 0.1) is 21.5 Å². The summed E-state index contributed by atoms with van der Waals surface area (Å²) in [5, 5.41) is 1.82. The second-order valence-electron chi connectivity index (χ2n) is 3.42. The van der Waals surface area contributed by atoms with Crippen molar-refractivity contribution in [1.82, 2.24) is 4.90 Å². The van der Waals surface area contributed by atoms with Gasteiger partial charge < -0.3 is 9.64 Å². The maximum Gasteiger partial charge on any atom is 0.307 e. The Morgan fingerprint density at radius 3 is 2.76 bits per heavy atom. The first kappa shape index (κ1) is 14.4. The predicted octanol–water partition coefficient (Wildman–Crippen LogP) is 2.38. The fourth-order valence-corrected chi connectivity index (χ4v) is 2.56. The van der Waals surface area contributed by atoms with E-state index in [0.717, 1.165) is 2.88 Å². The van der Waals surface area contributed by atoms with Gasteiger partial charge in [-0.25, -0.2) is 0 Å². The van der Waals surface area contributed by atoms with Crippen LogP contribution in [0.5, 0.6) is 0 Å². The summed E-state index contributed by atoms with van der Waals surface area (Å²) in [4.78, 5) is 24.6. The van der Waals surface area contributed by atoms with Gasteiger partial charge in [0.15, 0.2) is 0 Å². The van der Waals surface area contributed by atoms with Crippen molar-refractivity contribution < 1.29 is 14.3 Å². The molecule has 94 valence electrons. The first-order chi connectivity index (χ1) is 8.04. The van der Waals surface area contributed by atoms with Crippen molar-refractivity contribution in [2.24, 2.45) is 0 Å². The number of esters is 1. The van der Waals surface area contributed by atoms with Crippen LogP contribution in [0.2, 0.25) is 0 Å². The van der Waals surface area contributed by atoms with E-state index < -0.39 is 0 Å². The Morgan fingerprint density at radius 1 is 1.53 bits per heavy atom. The number of rotatable bonds is 5. The van der Waals surface area contributed by atoms with Gasteiger partial charge in [0.2, 0.25) is 0 Å². The Balaban J connectivity index is 2.45. The van der Waals surface area contributed by atoms with Gasteiger partial charge in [-0.05, 0) is 35.6 Å². The Bertz CT molecular complexity index is 405. The molecule has 0 unspecified atom stereocenters. The predicted molar refractivity (Wildman–Crippen MR) is 75.2 cm³/mol. The van der Waals surface area contributed by atoms with E-state index in [-0.39, 0.29) is 18.3 Å². The van der Waals surface area contributed by atoms with Crippen molar-refractivity contribution >= 4 is 45.8 Å². The molecule has 0 saturated carbocycles. The number of halogens is 1. The lowest BCUT2D eigenvalue weighted by atomic mass is 10.3. The van der Waals surface area contributed by atoms with Crippen molar-refractivity contribution in [3.8, 4) is 0 Å². The molecule has 4 nitrogen and oxygen atoms in total. The molecule has 0 fully saturated rings. The summed E-state index contributed by atoms with van der Waals surface area (Å²) in [6.45, 7) is 2.52. The van der Waals surface area contributed by atoms with Crippen molar-refractivity contribution in [3.05, 3.63) is 19.9 Å². The SMILES string of the molecule is CCOC(=O)CCN(C)C(=O)c1csc(I)c1. The van der Waals surface area contributed by atoms with E-state index in [0.29, 0.717) is 18.7 Å². The second kappa shape index (κ2) is 6.95. The fraction of sp³-hybridized carbons (Fsp3) is 0.455. The average Bonchev–Trinajstić information content (AvgIpc) is 2.72. The standard InChI is InChI=1S/C11H14INO3S/c1-3-16-10(14)4-5-13(2)11(15)8-6-9(12)17-7-8/h6-7H,3-5H2,1-2H3. The van der Waals surface area contributed by atoms with Crippen LogP contribution in [0.4, 0.5) is 0 Å². The molecule has 1 heterocycles. The number of ether oxygens (including phenoxy) is 1. The highest BCUT2D eigenvalue weighted by Gasteiger charge is 2.14. The van der Waals surface area contributed by atoms with Gasteiger partial charge in [0, 0.05) is 19.0 Å². The largest absolute Gasteiger partial charge is 0.466 e. The van der Waals surface area contributed by atoms with Gasteiger partial charge >= 0.3 is 5.97 Å². The van der Waals surface area contributed by atoms with E-state index >= 15 is 0 Å². The third-order valence-electron chi connectivity index (χ3n) is 2.12. The zero-order valence-electron chi connectivity index (χ0n) is 9.73. The van der Waals surface area contributed by atoms with Crippen LogP contribution in [-0.4, -0.2) is 37.0 Å². The average molecular weight is 367 g/mol. The van der Waals surface area contributed by atoms with E-state index in [4.69, 9.17) is 4.74 Å². The molecular formula is C11H14INO3S. The zero-order chi connectivity index (χ0) is 12.8. The van der Waals surface area contributed by atoms with Crippen LogP contribution >= 0.6 is 33.9 Å². The fourth-order valence-electron chi connectivity index (χ4n) is 1.24. The number of hydrogen-bond donors (Lipinski definition) is 0. The molecule has 0 aromatic carbocycles. The van der Waals surface area contributed by atoms with E-state index in [1.807, 2.05) is 11.4 Å². The third kappa shape index (κ3) is 4.63. The van der Waals surface area contributed by atoms with Crippen LogP contribution in [0.3, 0.4) is 0 Å². The molecule has 0 radical (unpaired) electrons. The Hall–Kier alpha value is -0.630. The van der Waals surface area contributed by atoms with Gasteiger partial charge in [-0.15, -0.1) is 11.3 Å². The van der Waals surface area contributed by atoms with Crippen molar-refractivity contribution in [1.29, 1.82) is 0 Å². The van der Waals surface area contributed by atoms with E-state index in [1.165, 1.54) is 16.2 Å². The molecule has 17 heavy (non-hydrogen) atoms. The highest BCUT2D eigenvalue weighted by atomic mass is 127. The van der Waals surface area contributed by atoms with Crippen molar-refractivity contribution in [2.75, 3.05) is 20.2 Å². The van der Waals surface area contributed by atoms with Gasteiger partial charge in [-0.3, -0.25) is 9.59 Å². The molecule has 0 saturated heterocycles. The topological polar surface area (TPSA) is 46.6 Å². The number of amides is 1. The molecule has 0 spiro atoms. The lowest BCUT2D eigenvalue weighted by Crippen LogP contribution is -2.29. The normalized spacial score (nSPS) is 10.1. The Labute approximate surface area is 118 Å². The summed E-state index contributed by atoms with van der Waals surface area (Å²) in [7, 11) is 1.69. The summed E-state index contributed by atoms with van der Waals surface area (Å²) in [6, 6.07) is 1.84. The summed E-state index contributed by atoms with van der Waals surface area (Å²) >= 11 is 3.70. The van der Waals surface area contributed by atoms with E-state index in [9.17, 15) is 9.59 Å². The van der Waals surface area contributed by atoms with Gasteiger partial charge in [0.25, 0.3) is 5.91 Å². The quantitative estimate of drug-likeness (QED) is 0.593. The first-order valence-electron chi connectivity index (χ1n) is 5.19. The summed E-state index contributed by atoms with van der Waals surface area (Å²) in [5.74, 6) is -0.333. The summed E-state index contributed by atoms with van der Waals surface area (Å²) < 4.78 is 5.88. The molecule has 0 atom stereocenters. The molecule has 0 N–H and O–H groups in total. The van der Waals surface area contributed by atoms with E-state index in [2.05, 4.69) is 22.6 Å². The molecule has 1 aromatic rings. The summed E-state index contributed by atoms with van der Waals surface area (Å²) in [5.41, 5.74) is 0.672. The molecule has 1 aromatic heterocycles. The number of hydrogen-bond acceptors (Lipinski definition) is 4. The molecule has 6 heteroatoms. The van der Waals surface area contributed by atoms with Gasteiger partial charge in [0.1, 0.15) is 0 Å². The molecule has 0 bridgehead atoms. The third-order valence-corrected chi connectivity index (χ3v) is 3.91. The van der Waals surface area contributed by atoms with Crippen molar-refractivity contribution in [2.45, 2.75) is 13.3 Å². The van der Waals surface area contributed by atoms with Gasteiger partial charge in [-0.1, -0.05) is 0 Å². The zero-order valence-corrected chi connectivity index (χ0v) is 12.7. The van der Waals surface area contributed by atoms with Crippen LogP contribution in [0, 0.1) is 2.88 Å². The van der Waals surface area contributed by atoms with Crippen LogP contribution in [-0.2, 0) is 9.53 Å². The smallest absolute Gasteiger partial charge is 0.307 e. The number of thiophene rings is 1. The molecule has 0 aliphatic heterocycles. The lowest BCUT2D eigenvalue weighted by molar-refractivity contribution is -0.143. The number of carbonyl (C=O) groups is 2. The van der Waals surface area contributed by atoms with Crippen LogP contribution in [0.25, 0.3) is 0 Å². The minimum atomic E-state index is -0.271. The maximum absolute atomic E-state index is 11.9. The highest BCUT2D eigenvalue weighted by Crippen LogP contribution is 2.17. The molecule has 0 aliphatic rings. The molecule has 1 rings (SSSR count). The number of carbonyl (C=O) groups excluding carboxylic acids is 2. The minimum Gasteiger partial charge on any atom is -0.466 e. The Morgan fingerprint density at radius 2 is 2.24 bits per heavy atom. The van der Waals surface area contributed by atoms with Crippen LogP contribution in [0.1, 0.15) is 23.7 Å². The van der Waals surface area contributed by atoms with Crippen LogP contribution < -0.4 is 0 Å². The maximum atomic E-state index is 11.9. The Kier molecular flexibility index (Phi) is 5.90. The van der Waals surface area contributed by atoms with E-state index in [1.54, 1.807) is 14.0 Å². The van der Waals surface area contributed by atoms with Crippen LogP contribution in [0.15, 0.2) is 11.4 Å². The summed E-state index contributed by atoms with van der Waals surface area (Å²) in [6.07, 6.45) is 0.233. The lowest BCUT2D eigenvalue weighted by Gasteiger charge is -2.15. The van der Waals surface area contributed by atoms with Gasteiger partial charge in [-0.2, -0.15) is 0 Å². The molecule has 0 aliphatic carbocycles. The number of nitrogens with zero attached hydrogens (tertiary/aromatic N) is 1. The monoisotopic (exact) mass is 367 g/mol. The van der Waals surface area contributed by atoms with Crippen molar-refractivity contribution in [3.63, 3.8) is 0 Å².